The Balaban J connectivity index is 1.16. The SMILES string of the molecule is NCNCNC1CCCCC1CNCC1CN(C2CCCCC2)NC1C1CCC2OCOC2C1. The Kier molecular flexibility index (Phi) is 9.52. The highest BCUT2D eigenvalue weighted by Crippen LogP contribution is 2.38. The van der Waals surface area contributed by atoms with E-state index in [2.05, 4.69) is 26.4 Å². The van der Waals surface area contributed by atoms with Crippen molar-refractivity contribution in [3.05, 3.63) is 0 Å². The summed E-state index contributed by atoms with van der Waals surface area (Å²) in [6, 6.07) is 1.89. The summed E-state index contributed by atoms with van der Waals surface area (Å²) < 4.78 is 11.7. The maximum absolute atomic E-state index is 5.94. The van der Waals surface area contributed by atoms with Crippen LogP contribution in [0.4, 0.5) is 0 Å². The molecule has 0 aromatic heterocycles. The van der Waals surface area contributed by atoms with Gasteiger partial charge in [0, 0.05) is 50.5 Å². The monoisotopic (exact) mass is 478 g/mol. The number of nitrogens with zero attached hydrogens (tertiary/aromatic N) is 1. The van der Waals surface area contributed by atoms with Crippen molar-refractivity contribution < 1.29 is 9.47 Å². The zero-order chi connectivity index (χ0) is 23.2. The van der Waals surface area contributed by atoms with Crippen molar-refractivity contribution in [2.75, 3.05) is 39.8 Å². The van der Waals surface area contributed by atoms with Gasteiger partial charge in [-0.2, -0.15) is 0 Å². The van der Waals surface area contributed by atoms with Gasteiger partial charge in [-0.25, -0.2) is 5.01 Å². The van der Waals surface area contributed by atoms with E-state index in [1.165, 1.54) is 70.8 Å². The molecule has 8 heteroatoms. The standard InChI is InChI=1S/C26H50N6O2/c27-16-29-17-30-23-9-5-4-6-20(23)13-28-14-21-15-32(22-7-2-1-3-8-22)31-26(21)19-10-11-24-25(12-19)34-18-33-24/h19-26,28-31H,1-18,27H2. The molecule has 34 heavy (non-hydrogen) atoms. The van der Waals surface area contributed by atoms with Crippen LogP contribution in [0.2, 0.25) is 0 Å². The summed E-state index contributed by atoms with van der Waals surface area (Å²) in [5.74, 6) is 2.07. The molecule has 0 amide bonds. The predicted octanol–water partition coefficient (Wildman–Crippen LogP) is 1.87. The van der Waals surface area contributed by atoms with Crippen LogP contribution in [0.15, 0.2) is 0 Å². The van der Waals surface area contributed by atoms with Crippen molar-refractivity contribution in [3.8, 4) is 0 Å². The molecule has 0 aromatic carbocycles. The molecule has 5 rings (SSSR count). The molecule has 2 saturated heterocycles. The molecule has 2 heterocycles. The van der Waals surface area contributed by atoms with E-state index in [1.54, 1.807) is 0 Å². The van der Waals surface area contributed by atoms with Crippen molar-refractivity contribution >= 4 is 0 Å². The first kappa shape index (κ1) is 25.3. The van der Waals surface area contributed by atoms with Gasteiger partial charge in [0.2, 0.25) is 0 Å². The van der Waals surface area contributed by atoms with E-state index in [4.69, 9.17) is 15.2 Å². The van der Waals surface area contributed by atoms with Crippen LogP contribution in [0.5, 0.6) is 0 Å². The number of hydrogen-bond donors (Lipinski definition) is 5. The highest BCUT2D eigenvalue weighted by Gasteiger charge is 2.45. The van der Waals surface area contributed by atoms with Crippen LogP contribution in [0.3, 0.4) is 0 Å². The fraction of sp³-hybridized carbons (Fsp3) is 1.00. The number of nitrogens with one attached hydrogen (secondary N) is 4. The quantitative estimate of drug-likeness (QED) is 0.240. The fourth-order valence-electron chi connectivity index (χ4n) is 7.53. The van der Waals surface area contributed by atoms with Crippen molar-refractivity contribution in [3.63, 3.8) is 0 Å². The number of hydrogen-bond acceptors (Lipinski definition) is 8. The Morgan fingerprint density at radius 1 is 0.824 bits per heavy atom. The topological polar surface area (TPSA) is 95.8 Å². The zero-order valence-electron chi connectivity index (χ0n) is 21.2. The van der Waals surface area contributed by atoms with Gasteiger partial charge in [0.05, 0.1) is 12.2 Å². The summed E-state index contributed by atoms with van der Waals surface area (Å²) >= 11 is 0. The molecule has 2 aliphatic heterocycles. The minimum absolute atomic E-state index is 0.314. The van der Waals surface area contributed by atoms with Gasteiger partial charge in [-0.05, 0) is 63.3 Å². The number of ether oxygens (including phenoxy) is 2. The maximum Gasteiger partial charge on any atom is 0.147 e. The second kappa shape index (κ2) is 12.8. The van der Waals surface area contributed by atoms with Crippen LogP contribution in [-0.4, -0.2) is 75.1 Å². The molecule has 7 unspecified atom stereocenters. The van der Waals surface area contributed by atoms with Crippen LogP contribution < -0.4 is 27.1 Å². The van der Waals surface area contributed by atoms with Gasteiger partial charge in [0.15, 0.2) is 0 Å². The minimum Gasteiger partial charge on any atom is -0.349 e. The normalized spacial score (nSPS) is 40.0. The molecular formula is C26H50N6O2. The van der Waals surface area contributed by atoms with Crippen LogP contribution in [0.1, 0.15) is 77.0 Å². The zero-order valence-corrected chi connectivity index (χ0v) is 21.2. The number of nitrogens with two attached hydrogens (primary N) is 1. The number of rotatable bonds is 10. The molecule has 5 aliphatic rings. The predicted molar refractivity (Wildman–Crippen MR) is 135 cm³/mol. The third-order valence-electron chi connectivity index (χ3n) is 9.47. The summed E-state index contributed by atoms with van der Waals surface area (Å²) in [6.45, 7) is 5.29. The molecule has 196 valence electrons. The van der Waals surface area contributed by atoms with Gasteiger partial charge in [0.1, 0.15) is 6.79 Å². The largest absolute Gasteiger partial charge is 0.349 e. The summed E-state index contributed by atoms with van der Waals surface area (Å²) in [5.41, 5.74) is 9.67. The van der Waals surface area contributed by atoms with E-state index in [-0.39, 0.29) is 0 Å². The van der Waals surface area contributed by atoms with Crippen molar-refractivity contribution in [2.45, 2.75) is 107 Å². The summed E-state index contributed by atoms with van der Waals surface area (Å²) in [7, 11) is 0. The van der Waals surface area contributed by atoms with Crippen molar-refractivity contribution in [1.82, 2.24) is 26.4 Å². The lowest BCUT2D eigenvalue weighted by Gasteiger charge is -2.37. The number of fused-ring (bicyclic) bond motifs is 1. The van der Waals surface area contributed by atoms with E-state index in [9.17, 15) is 0 Å². The van der Waals surface area contributed by atoms with E-state index in [0.717, 1.165) is 44.6 Å². The number of hydrazine groups is 1. The fourth-order valence-corrected chi connectivity index (χ4v) is 7.53. The third-order valence-corrected chi connectivity index (χ3v) is 9.47. The summed E-state index contributed by atoms with van der Waals surface area (Å²) in [4.78, 5) is 0. The van der Waals surface area contributed by atoms with E-state index in [0.29, 0.717) is 49.6 Å². The smallest absolute Gasteiger partial charge is 0.147 e. The Bertz CT molecular complexity index is 606. The molecule has 0 spiro atoms. The second-order valence-electron chi connectivity index (χ2n) is 11.6. The molecule has 6 N–H and O–H groups in total. The summed E-state index contributed by atoms with van der Waals surface area (Å²) in [5, 5.41) is 13.5. The lowest BCUT2D eigenvalue weighted by atomic mass is 9.77. The average Bonchev–Trinajstić information content (AvgIpc) is 3.52. The Morgan fingerprint density at radius 3 is 2.50 bits per heavy atom. The van der Waals surface area contributed by atoms with E-state index >= 15 is 0 Å². The molecular weight excluding hydrogens is 428 g/mol. The van der Waals surface area contributed by atoms with Crippen LogP contribution in [0, 0.1) is 17.8 Å². The lowest BCUT2D eigenvalue weighted by Crippen LogP contribution is -2.49. The Hall–Kier alpha value is -0.320. The lowest BCUT2D eigenvalue weighted by molar-refractivity contribution is 0.0369. The van der Waals surface area contributed by atoms with E-state index < -0.39 is 0 Å². The van der Waals surface area contributed by atoms with E-state index in [1.807, 2.05) is 0 Å². The first-order valence-electron chi connectivity index (χ1n) is 14.4. The van der Waals surface area contributed by atoms with Gasteiger partial charge in [-0.1, -0.05) is 32.1 Å². The Morgan fingerprint density at radius 2 is 1.62 bits per heavy atom. The first-order valence-corrected chi connectivity index (χ1v) is 14.4. The molecule has 8 nitrogen and oxygen atoms in total. The van der Waals surface area contributed by atoms with Gasteiger partial charge < -0.3 is 25.8 Å². The van der Waals surface area contributed by atoms with Crippen LogP contribution >= 0.6 is 0 Å². The first-order chi connectivity index (χ1) is 16.8. The molecule has 3 saturated carbocycles. The van der Waals surface area contributed by atoms with Crippen molar-refractivity contribution in [2.24, 2.45) is 23.5 Å². The summed E-state index contributed by atoms with van der Waals surface area (Å²) in [6.07, 6.45) is 16.5. The molecule has 0 bridgehead atoms. The molecule has 0 radical (unpaired) electrons. The molecule has 0 aromatic rings. The Labute approximate surface area is 206 Å². The second-order valence-corrected chi connectivity index (χ2v) is 11.6. The highest BCUT2D eigenvalue weighted by molar-refractivity contribution is 4.97. The third kappa shape index (κ3) is 6.32. The van der Waals surface area contributed by atoms with Gasteiger partial charge in [0.25, 0.3) is 0 Å². The highest BCUT2D eigenvalue weighted by atomic mass is 16.7. The van der Waals surface area contributed by atoms with Gasteiger partial charge in [-0.3, -0.25) is 10.7 Å². The van der Waals surface area contributed by atoms with Gasteiger partial charge in [-0.15, -0.1) is 0 Å². The molecule has 7 atom stereocenters. The van der Waals surface area contributed by atoms with Crippen molar-refractivity contribution in [1.29, 1.82) is 0 Å². The maximum atomic E-state index is 5.94. The molecule has 5 fully saturated rings. The average molecular weight is 479 g/mol. The minimum atomic E-state index is 0.314. The van der Waals surface area contributed by atoms with Gasteiger partial charge >= 0.3 is 0 Å². The molecule has 3 aliphatic carbocycles. The van der Waals surface area contributed by atoms with Crippen LogP contribution in [-0.2, 0) is 9.47 Å². The van der Waals surface area contributed by atoms with Crippen LogP contribution in [0.25, 0.3) is 0 Å².